The van der Waals surface area contributed by atoms with Crippen LogP contribution in [0, 0.1) is 5.92 Å². The third-order valence-electron chi connectivity index (χ3n) is 4.61. The van der Waals surface area contributed by atoms with Crippen molar-refractivity contribution in [2.24, 2.45) is 16.6 Å². The predicted octanol–water partition coefficient (Wildman–Crippen LogP) is 2.80. The molecule has 1 aliphatic heterocycles. The number of rotatable bonds is 5. The molecule has 1 heterocycles. The molecule has 0 bridgehead atoms. The summed E-state index contributed by atoms with van der Waals surface area (Å²) in [5, 5.41) is 0. The molecule has 1 saturated heterocycles. The first-order chi connectivity index (χ1) is 8.77. The summed E-state index contributed by atoms with van der Waals surface area (Å²) in [6, 6.07) is 0.773. The first-order valence-corrected chi connectivity index (χ1v) is 7.81. The van der Waals surface area contributed by atoms with Crippen LogP contribution in [-0.4, -0.2) is 36.4 Å². The van der Waals surface area contributed by atoms with Gasteiger partial charge in [-0.1, -0.05) is 19.3 Å². The molecule has 3 nitrogen and oxygen atoms in total. The summed E-state index contributed by atoms with van der Waals surface area (Å²) in [5.74, 6) is 1.53. The van der Waals surface area contributed by atoms with E-state index in [0.29, 0.717) is 5.92 Å². The maximum Gasteiger partial charge on any atom is 0.0968 e. The van der Waals surface area contributed by atoms with Crippen molar-refractivity contribution in [2.75, 3.05) is 19.6 Å². The molecule has 2 aliphatic rings. The van der Waals surface area contributed by atoms with Crippen LogP contribution in [0.1, 0.15) is 58.3 Å². The zero-order valence-electron chi connectivity index (χ0n) is 11.9. The summed E-state index contributed by atoms with van der Waals surface area (Å²) in [6.45, 7) is 5.76. The highest BCUT2D eigenvalue weighted by molar-refractivity contribution is 5.83. The third-order valence-corrected chi connectivity index (χ3v) is 4.61. The maximum absolute atomic E-state index is 6.06. The van der Waals surface area contributed by atoms with Gasteiger partial charge >= 0.3 is 0 Å². The Balaban J connectivity index is 1.63. The predicted molar refractivity (Wildman–Crippen MR) is 78.0 cm³/mol. The summed E-state index contributed by atoms with van der Waals surface area (Å²) in [4.78, 5) is 7.20. The van der Waals surface area contributed by atoms with Crippen LogP contribution in [0.15, 0.2) is 4.99 Å². The molecule has 0 aromatic carbocycles. The average Bonchev–Trinajstić information content (AvgIpc) is 2.90. The highest BCUT2D eigenvalue weighted by atomic mass is 15.2. The molecule has 18 heavy (non-hydrogen) atoms. The number of nitrogens with two attached hydrogens (primary N) is 1. The molecule has 0 aromatic heterocycles. The third kappa shape index (κ3) is 3.98. The minimum atomic E-state index is 0.596. The van der Waals surface area contributed by atoms with Gasteiger partial charge in [0.15, 0.2) is 0 Å². The minimum Gasteiger partial charge on any atom is -0.387 e. The van der Waals surface area contributed by atoms with E-state index in [0.717, 1.165) is 24.8 Å². The van der Waals surface area contributed by atoms with E-state index < -0.39 is 0 Å². The smallest absolute Gasteiger partial charge is 0.0968 e. The van der Waals surface area contributed by atoms with Gasteiger partial charge < -0.3 is 10.6 Å². The first-order valence-electron chi connectivity index (χ1n) is 7.81. The average molecular weight is 251 g/mol. The van der Waals surface area contributed by atoms with Crippen LogP contribution < -0.4 is 5.73 Å². The number of hydrogen-bond acceptors (Lipinski definition) is 2. The van der Waals surface area contributed by atoms with Gasteiger partial charge in [-0.05, 0) is 45.6 Å². The lowest BCUT2D eigenvalue weighted by Crippen LogP contribution is -2.38. The van der Waals surface area contributed by atoms with E-state index in [2.05, 4.69) is 16.8 Å². The van der Waals surface area contributed by atoms with Crippen molar-refractivity contribution in [2.45, 2.75) is 64.3 Å². The number of aliphatic imine (C=N–C) groups is 1. The second-order valence-electron chi connectivity index (χ2n) is 6.02. The molecule has 0 aromatic rings. The molecule has 1 atom stereocenters. The van der Waals surface area contributed by atoms with Crippen molar-refractivity contribution in [1.29, 1.82) is 0 Å². The van der Waals surface area contributed by atoms with Crippen LogP contribution >= 0.6 is 0 Å². The molecule has 2 N–H and O–H groups in total. The summed E-state index contributed by atoms with van der Waals surface area (Å²) in [5.41, 5.74) is 6.06. The number of piperidine rings is 1. The summed E-state index contributed by atoms with van der Waals surface area (Å²) < 4.78 is 0. The molecular formula is C15H29N3. The van der Waals surface area contributed by atoms with Gasteiger partial charge in [0, 0.05) is 25.0 Å². The fourth-order valence-electron chi connectivity index (χ4n) is 3.32. The molecule has 0 spiro atoms. The van der Waals surface area contributed by atoms with Crippen molar-refractivity contribution in [1.82, 2.24) is 4.90 Å². The maximum atomic E-state index is 6.06. The molecule has 104 valence electrons. The molecule has 2 rings (SSSR count). The van der Waals surface area contributed by atoms with Crippen LogP contribution in [0.4, 0.5) is 0 Å². The molecule has 0 radical (unpaired) electrons. The first kappa shape index (κ1) is 13.9. The van der Waals surface area contributed by atoms with E-state index in [1.54, 1.807) is 0 Å². The van der Waals surface area contributed by atoms with E-state index in [4.69, 9.17) is 5.73 Å². The zero-order chi connectivity index (χ0) is 12.8. The van der Waals surface area contributed by atoms with Gasteiger partial charge in [-0.25, -0.2) is 0 Å². The lowest BCUT2D eigenvalue weighted by atomic mass is 10.0. The highest BCUT2D eigenvalue weighted by Gasteiger charge is 2.19. The lowest BCUT2D eigenvalue weighted by molar-refractivity contribution is 0.160. The number of amidine groups is 1. The van der Waals surface area contributed by atoms with Gasteiger partial charge in [-0.2, -0.15) is 0 Å². The van der Waals surface area contributed by atoms with E-state index in [1.165, 1.54) is 58.0 Å². The summed E-state index contributed by atoms with van der Waals surface area (Å²) >= 11 is 0. The summed E-state index contributed by atoms with van der Waals surface area (Å²) in [6.07, 6.45) is 10.5. The van der Waals surface area contributed by atoms with Crippen molar-refractivity contribution >= 4 is 5.84 Å². The van der Waals surface area contributed by atoms with Crippen molar-refractivity contribution in [3.63, 3.8) is 0 Å². The van der Waals surface area contributed by atoms with Crippen LogP contribution in [0.3, 0.4) is 0 Å². The van der Waals surface area contributed by atoms with Gasteiger partial charge in [-0.15, -0.1) is 0 Å². The Morgan fingerprint density at radius 2 is 1.89 bits per heavy atom. The quantitative estimate of drug-likeness (QED) is 0.464. The molecule has 2 fully saturated rings. The molecule has 3 heteroatoms. The Labute approximate surface area is 112 Å². The van der Waals surface area contributed by atoms with Crippen molar-refractivity contribution in [3.8, 4) is 0 Å². The van der Waals surface area contributed by atoms with Gasteiger partial charge in [0.2, 0.25) is 0 Å². The van der Waals surface area contributed by atoms with Crippen LogP contribution in [-0.2, 0) is 0 Å². The summed E-state index contributed by atoms with van der Waals surface area (Å²) in [7, 11) is 0. The number of likely N-dealkylation sites (tertiary alicyclic amines) is 1. The Kier molecular flexibility index (Phi) is 5.48. The second kappa shape index (κ2) is 7.13. The molecule has 1 unspecified atom stereocenters. The molecule has 1 aliphatic carbocycles. The monoisotopic (exact) mass is 251 g/mol. The number of nitrogens with zero attached hydrogens (tertiary/aromatic N) is 2. The van der Waals surface area contributed by atoms with E-state index >= 15 is 0 Å². The SMILES string of the molecule is CC1CCCCN1CCCN=C(N)C1CCCC1. The Hall–Kier alpha value is -0.570. The lowest BCUT2D eigenvalue weighted by Gasteiger charge is -2.33. The second-order valence-corrected chi connectivity index (χ2v) is 6.02. The van der Waals surface area contributed by atoms with Crippen LogP contribution in [0.5, 0.6) is 0 Å². The topological polar surface area (TPSA) is 41.6 Å². The molecule has 0 amide bonds. The van der Waals surface area contributed by atoms with Gasteiger partial charge in [-0.3, -0.25) is 4.99 Å². The molecule has 1 saturated carbocycles. The number of hydrogen-bond donors (Lipinski definition) is 1. The standard InChI is InChI=1S/C15H29N3/c1-13-7-4-5-11-18(13)12-6-10-17-15(16)14-8-2-3-9-14/h13-14H,2-12H2,1H3,(H2,16,17). The van der Waals surface area contributed by atoms with Crippen molar-refractivity contribution in [3.05, 3.63) is 0 Å². The minimum absolute atomic E-state index is 0.596. The van der Waals surface area contributed by atoms with Gasteiger partial charge in [0.1, 0.15) is 0 Å². The van der Waals surface area contributed by atoms with Gasteiger partial charge in [0.05, 0.1) is 5.84 Å². The van der Waals surface area contributed by atoms with Crippen LogP contribution in [0.2, 0.25) is 0 Å². The largest absolute Gasteiger partial charge is 0.387 e. The van der Waals surface area contributed by atoms with E-state index in [9.17, 15) is 0 Å². The van der Waals surface area contributed by atoms with Crippen LogP contribution in [0.25, 0.3) is 0 Å². The normalized spacial score (nSPS) is 27.8. The highest BCUT2D eigenvalue weighted by Crippen LogP contribution is 2.24. The Morgan fingerprint density at radius 1 is 1.17 bits per heavy atom. The fraction of sp³-hybridized carbons (Fsp3) is 0.933. The van der Waals surface area contributed by atoms with Gasteiger partial charge in [0.25, 0.3) is 0 Å². The zero-order valence-corrected chi connectivity index (χ0v) is 11.9. The van der Waals surface area contributed by atoms with Crippen molar-refractivity contribution < 1.29 is 0 Å². The Morgan fingerprint density at radius 3 is 2.61 bits per heavy atom. The van der Waals surface area contributed by atoms with E-state index in [1.807, 2.05) is 0 Å². The Bertz CT molecular complexity index is 269. The van der Waals surface area contributed by atoms with E-state index in [-0.39, 0.29) is 0 Å². The molecular weight excluding hydrogens is 222 g/mol. The fourth-order valence-corrected chi connectivity index (χ4v) is 3.32.